The minimum atomic E-state index is -0.162. The van der Waals surface area contributed by atoms with Crippen LogP contribution in [-0.4, -0.2) is 41.3 Å². The van der Waals surface area contributed by atoms with Crippen molar-refractivity contribution in [1.82, 2.24) is 15.1 Å². The van der Waals surface area contributed by atoms with Crippen LogP contribution in [0.15, 0.2) is 36.4 Å². The molecule has 3 heterocycles. The fourth-order valence-electron chi connectivity index (χ4n) is 4.57. The fraction of sp³-hybridized carbons (Fsp3) is 0.545. The van der Waals surface area contributed by atoms with Gasteiger partial charge in [-0.25, -0.2) is 4.39 Å². The third kappa shape index (κ3) is 4.13. The van der Waals surface area contributed by atoms with Gasteiger partial charge in [0.25, 0.3) is 0 Å². The molecule has 0 unspecified atom stereocenters. The highest BCUT2D eigenvalue weighted by atomic mass is 19.1. The Kier molecular flexibility index (Phi) is 5.13. The normalized spacial score (nSPS) is 23.5. The molecule has 1 aromatic carbocycles. The molecule has 2 saturated heterocycles. The lowest BCUT2D eigenvalue weighted by atomic mass is 9.79. The zero-order chi connectivity index (χ0) is 18.9. The average molecular weight is 369 g/mol. The van der Waals surface area contributed by atoms with Gasteiger partial charge in [-0.05, 0) is 61.6 Å². The highest BCUT2D eigenvalue weighted by molar-refractivity contribution is 5.40. The summed E-state index contributed by atoms with van der Waals surface area (Å²) in [4.78, 5) is 4.94. The van der Waals surface area contributed by atoms with Crippen LogP contribution in [0, 0.1) is 11.2 Å². The lowest BCUT2D eigenvalue weighted by Gasteiger charge is -2.40. The van der Waals surface area contributed by atoms with Gasteiger partial charge in [0, 0.05) is 31.6 Å². The molecule has 2 aliphatic heterocycles. The van der Waals surface area contributed by atoms with Crippen LogP contribution in [0.25, 0.3) is 0 Å². The van der Waals surface area contributed by atoms with Crippen LogP contribution < -0.4 is 4.90 Å². The van der Waals surface area contributed by atoms with E-state index in [-0.39, 0.29) is 5.82 Å². The van der Waals surface area contributed by atoms with E-state index in [0.29, 0.717) is 11.3 Å². The van der Waals surface area contributed by atoms with Gasteiger partial charge in [-0.15, -0.1) is 5.10 Å². The smallest absolute Gasteiger partial charge is 0.151 e. The molecule has 0 saturated carbocycles. The topological polar surface area (TPSA) is 32.3 Å². The first-order valence-electron chi connectivity index (χ1n) is 10.1. The number of rotatable bonds is 4. The van der Waals surface area contributed by atoms with Crippen molar-refractivity contribution in [2.75, 3.05) is 31.1 Å². The number of anilines is 1. The monoisotopic (exact) mass is 368 g/mol. The van der Waals surface area contributed by atoms with E-state index in [0.717, 1.165) is 44.2 Å². The van der Waals surface area contributed by atoms with Gasteiger partial charge in [0.05, 0.1) is 5.69 Å². The molecule has 1 atom stereocenters. The van der Waals surface area contributed by atoms with Gasteiger partial charge in [-0.1, -0.05) is 26.0 Å². The standard InChI is InChI=1S/C22H29FN4/c1-17(2)20-8-9-21(25-24-20)27-13-11-22(16-27)10-3-12-26(15-22)14-18-4-6-19(23)7-5-18/h4-9,17H,3,10-16H2,1-2H3/t22-/m1/s1. The lowest BCUT2D eigenvalue weighted by molar-refractivity contribution is 0.0991. The van der Waals surface area contributed by atoms with Gasteiger partial charge in [0.2, 0.25) is 0 Å². The Hall–Kier alpha value is -2.01. The molecule has 2 aromatic rings. The summed E-state index contributed by atoms with van der Waals surface area (Å²) in [6, 6.07) is 11.2. The molecule has 4 rings (SSSR count). The first-order valence-corrected chi connectivity index (χ1v) is 10.1. The lowest BCUT2D eigenvalue weighted by Crippen LogP contribution is -2.44. The summed E-state index contributed by atoms with van der Waals surface area (Å²) < 4.78 is 13.1. The van der Waals surface area contributed by atoms with Gasteiger partial charge in [0.1, 0.15) is 5.82 Å². The van der Waals surface area contributed by atoms with E-state index in [9.17, 15) is 4.39 Å². The first-order chi connectivity index (χ1) is 13.0. The molecule has 1 spiro atoms. The van der Waals surface area contributed by atoms with E-state index in [1.807, 2.05) is 12.1 Å². The second kappa shape index (κ2) is 7.55. The predicted molar refractivity (Wildman–Crippen MR) is 106 cm³/mol. The minimum absolute atomic E-state index is 0.162. The maximum atomic E-state index is 13.1. The molecule has 0 N–H and O–H groups in total. The van der Waals surface area contributed by atoms with Crippen LogP contribution in [0.3, 0.4) is 0 Å². The molecule has 2 fully saturated rings. The first kappa shape index (κ1) is 18.4. The van der Waals surface area contributed by atoms with Crippen LogP contribution >= 0.6 is 0 Å². The Bertz CT molecular complexity index is 759. The molecule has 0 aliphatic carbocycles. The highest BCUT2D eigenvalue weighted by Crippen LogP contribution is 2.40. The van der Waals surface area contributed by atoms with Crippen LogP contribution in [0.2, 0.25) is 0 Å². The number of benzene rings is 1. The van der Waals surface area contributed by atoms with Crippen LogP contribution in [0.5, 0.6) is 0 Å². The molecule has 27 heavy (non-hydrogen) atoms. The molecule has 1 aromatic heterocycles. The summed E-state index contributed by atoms with van der Waals surface area (Å²) in [5.41, 5.74) is 2.59. The Balaban J connectivity index is 1.40. The average Bonchev–Trinajstić information content (AvgIpc) is 3.07. The van der Waals surface area contributed by atoms with E-state index >= 15 is 0 Å². The van der Waals surface area contributed by atoms with Crippen molar-refractivity contribution in [3.8, 4) is 0 Å². The zero-order valence-corrected chi connectivity index (χ0v) is 16.4. The molecule has 2 aliphatic rings. The maximum absolute atomic E-state index is 13.1. The summed E-state index contributed by atoms with van der Waals surface area (Å²) in [5, 5.41) is 8.88. The second-order valence-electron chi connectivity index (χ2n) is 8.58. The van der Waals surface area contributed by atoms with Crippen molar-refractivity contribution >= 4 is 5.82 Å². The summed E-state index contributed by atoms with van der Waals surface area (Å²) in [5.74, 6) is 1.26. The number of halogens is 1. The Labute approximate surface area is 161 Å². The van der Waals surface area contributed by atoms with Crippen LogP contribution in [-0.2, 0) is 6.54 Å². The largest absolute Gasteiger partial charge is 0.355 e. The van der Waals surface area contributed by atoms with Crippen molar-refractivity contribution < 1.29 is 4.39 Å². The summed E-state index contributed by atoms with van der Waals surface area (Å²) in [7, 11) is 0. The summed E-state index contributed by atoms with van der Waals surface area (Å²) in [6.07, 6.45) is 3.72. The van der Waals surface area contributed by atoms with Gasteiger partial charge < -0.3 is 4.90 Å². The Morgan fingerprint density at radius 2 is 1.81 bits per heavy atom. The van der Waals surface area contributed by atoms with Crippen molar-refractivity contribution in [2.45, 2.75) is 45.6 Å². The van der Waals surface area contributed by atoms with Crippen molar-refractivity contribution in [1.29, 1.82) is 0 Å². The number of hydrogen-bond donors (Lipinski definition) is 0. The van der Waals surface area contributed by atoms with Crippen molar-refractivity contribution in [3.63, 3.8) is 0 Å². The molecule has 144 valence electrons. The predicted octanol–water partition coefficient (Wildman–Crippen LogP) is 4.23. The van der Waals surface area contributed by atoms with Gasteiger partial charge in [-0.3, -0.25) is 4.90 Å². The number of hydrogen-bond acceptors (Lipinski definition) is 4. The third-order valence-corrected chi connectivity index (χ3v) is 6.08. The Morgan fingerprint density at radius 3 is 2.52 bits per heavy atom. The molecule has 4 nitrogen and oxygen atoms in total. The second-order valence-corrected chi connectivity index (χ2v) is 8.58. The number of likely N-dealkylation sites (tertiary alicyclic amines) is 1. The Morgan fingerprint density at radius 1 is 1.00 bits per heavy atom. The van der Waals surface area contributed by atoms with Crippen molar-refractivity contribution in [3.05, 3.63) is 53.5 Å². The molecular weight excluding hydrogens is 339 g/mol. The van der Waals surface area contributed by atoms with Gasteiger partial charge in [0.15, 0.2) is 5.82 Å². The van der Waals surface area contributed by atoms with E-state index < -0.39 is 0 Å². The van der Waals surface area contributed by atoms with E-state index in [4.69, 9.17) is 0 Å². The molecular formula is C22H29FN4. The third-order valence-electron chi connectivity index (χ3n) is 6.08. The molecule has 5 heteroatoms. The van der Waals surface area contributed by atoms with E-state index in [1.54, 1.807) is 12.1 Å². The molecule has 0 bridgehead atoms. The minimum Gasteiger partial charge on any atom is -0.355 e. The van der Waals surface area contributed by atoms with Crippen LogP contribution in [0.1, 0.15) is 50.3 Å². The van der Waals surface area contributed by atoms with Crippen molar-refractivity contribution in [2.24, 2.45) is 5.41 Å². The number of nitrogens with zero attached hydrogens (tertiary/aromatic N) is 4. The van der Waals surface area contributed by atoms with E-state index in [1.165, 1.54) is 24.8 Å². The zero-order valence-electron chi connectivity index (χ0n) is 16.4. The number of aromatic nitrogens is 2. The maximum Gasteiger partial charge on any atom is 0.151 e. The van der Waals surface area contributed by atoms with Gasteiger partial charge >= 0.3 is 0 Å². The number of piperidine rings is 1. The van der Waals surface area contributed by atoms with E-state index in [2.05, 4.69) is 46.0 Å². The summed E-state index contributed by atoms with van der Waals surface area (Å²) >= 11 is 0. The highest BCUT2D eigenvalue weighted by Gasteiger charge is 2.41. The van der Waals surface area contributed by atoms with Gasteiger partial charge in [-0.2, -0.15) is 5.10 Å². The summed E-state index contributed by atoms with van der Waals surface area (Å²) in [6.45, 7) is 9.55. The molecule has 0 radical (unpaired) electrons. The molecule has 0 amide bonds. The fourth-order valence-corrected chi connectivity index (χ4v) is 4.57. The quantitative estimate of drug-likeness (QED) is 0.808. The van der Waals surface area contributed by atoms with Crippen LogP contribution in [0.4, 0.5) is 10.2 Å². The SMILES string of the molecule is CC(C)c1ccc(N2CC[C@@]3(CCCN(Cc4ccc(F)cc4)C3)C2)nn1.